The van der Waals surface area contributed by atoms with Gasteiger partial charge < -0.3 is 0 Å². The lowest BCUT2D eigenvalue weighted by Gasteiger charge is -2.31. The first-order valence-electron chi connectivity index (χ1n) is 9.27. The summed E-state index contributed by atoms with van der Waals surface area (Å²) in [6.07, 6.45) is 2.55. The molecule has 0 amide bonds. The summed E-state index contributed by atoms with van der Waals surface area (Å²) >= 11 is 0. The van der Waals surface area contributed by atoms with Crippen LogP contribution in [0.15, 0.2) is 18.2 Å². The topological polar surface area (TPSA) is 43.4 Å². The Hall–Kier alpha value is -1.08. The molecule has 156 valence electrons. The van der Waals surface area contributed by atoms with Crippen molar-refractivity contribution in [3.63, 3.8) is 0 Å². The molecule has 7 heteroatoms. The predicted octanol–water partition coefficient (Wildman–Crippen LogP) is 5.86. The molecular weight excluding hydrogens is 377 g/mol. The van der Waals surface area contributed by atoms with Crippen LogP contribution in [0.2, 0.25) is 0 Å². The summed E-state index contributed by atoms with van der Waals surface area (Å²) in [5, 5.41) is 0. The molecule has 0 unspecified atom stereocenters. The van der Waals surface area contributed by atoms with Gasteiger partial charge in [-0.1, -0.05) is 59.7 Å². The van der Waals surface area contributed by atoms with Crippen LogP contribution in [0.5, 0.6) is 0 Å². The zero-order chi connectivity index (χ0) is 21.1. The molecule has 0 spiro atoms. The molecule has 0 saturated carbocycles. The summed E-state index contributed by atoms with van der Waals surface area (Å²) in [6.45, 7) is 12.4. The number of alkyl halides is 3. The van der Waals surface area contributed by atoms with Crippen molar-refractivity contribution < 1.29 is 25.8 Å². The van der Waals surface area contributed by atoms with E-state index in [0.717, 1.165) is 24.0 Å². The summed E-state index contributed by atoms with van der Waals surface area (Å²) in [5.41, 5.74) is -2.04. The highest BCUT2D eigenvalue weighted by molar-refractivity contribution is 7.87. The van der Waals surface area contributed by atoms with Crippen molar-refractivity contribution in [1.82, 2.24) is 0 Å². The van der Waals surface area contributed by atoms with E-state index in [9.17, 15) is 21.6 Å². The van der Waals surface area contributed by atoms with Gasteiger partial charge in [-0.15, -0.1) is 0 Å². The SMILES string of the molecule is CCC(C)(C)c1ccc(CCCOS(=O)(=O)C(F)(F)F)c(C(C)(C)CC)c1. The second kappa shape index (κ2) is 8.52. The summed E-state index contributed by atoms with van der Waals surface area (Å²) in [6, 6.07) is 6.26. The lowest BCUT2D eigenvalue weighted by molar-refractivity contribution is -0.0542. The van der Waals surface area contributed by atoms with Crippen LogP contribution in [0, 0.1) is 0 Å². The molecule has 3 nitrogen and oxygen atoms in total. The van der Waals surface area contributed by atoms with Gasteiger partial charge in [-0.25, -0.2) is 0 Å². The molecule has 0 atom stereocenters. The van der Waals surface area contributed by atoms with Gasteiger partial charge in [-0.3, -0.25) is 4.18 Å². The molecule has 0 fully saturated rings. The zero-order valence-electron chi connectivity index (χ0n) is 17.0. The normalized spacial score (nSPS) is 13.8. The highest BCUT2D eigenvalue weighted by Gasteiger charge is 2.47. The fraction of sp³-hybridized carbons (Fsp3) is 0.700. The van der Waals surface area contributed by atoms with Gasteiger partial charge in [0.05, 0.1) is 6.61 Å². The van der Waals surface area contributed by atoms with Gasteiger partial charge in [0.25, 0.3) is 0 Å². The number of hydrogen-bond acceptors (Lipinski definition) is 3. The lowest BCUT2D eigenvalue weighted by Crippen LogP contribution is -2.26. The first-order chi connectivity index (χ1) is 12.2. The van der Waals surface area contributed by atoms with Gasteiger partial charge in [0, 0.05) is 0 Å². The average molecular weight is 409 g/mol. The first-order valence-corrected chi connectivity index (χ1v) is 10.7. The molecule has 0 aliphatic carbocycles. The molecule has 27 heavy (non-hydrogen) atoms. The third-order valence-electron chi connectivity index (χ3n) is 5.50. The molecule has 0 aromatic heterocycles. The number of benzene rings is 1. The number of hydrogen-bond donors (Lipinski definition) is 0. The Balaban J connectivity index is 3.01. The summed E-state index contributed by atoms with van der Waals surface area (Å²) in [7, 11) is -5.52. The molecule has 1 aromatic rings. The number of halogens is 3. The van der Waals surface area contributed by atoms with Crippen molar-refractivity contribution in [2.75, 3.05) is 6.61 Å². The molecule has 1 rings (SSSR count). The molecule has 0 radical (unpaired) electrons. The lowest BCUT2D eigenvalue weighted by atomic mass is 9.74. The molecule has 0 aliphatic rings. The highest BCUT2D eigenvalue weighted by atomic mass is 32.2. The summed E-state index contributed by atoms with van der Waals surface area (Å²) in [4.78, 5) is 0. The Labute approximate surface area is 161 Å². The quantitative estimate of drug-likeness (QED) is 0.292. The van der Waals surface area contributed by atoms with Gasteiger partial charge in [-0.05, 0) is 53.2 Å². The van der Waals surface area contributed by atoms with Gasteiger partial charge in [0.1, 0.15) is 0 Å². The monoisotopic (exact) mass is 408 g/mol. The van der Waals surface area contributed by atoms with Crippen molar-refractivity contribution in [1.29, 1.82) is 0 Å². The van der Waals surface area contributed by atoms with Crippen LogP contribution in [-0.4, -0.2) is 20.5 Å². The van der Waals surface area contributed by atoms with Crippen LogP contribution in [0.25, 0.3) is 0 Å². The van der Waals surface area contributed by atoms with E-state index in [-0.39, 0.29) is 17.3 Å². The third kappa shape index (κ3) is 5.95. The van der Waals surface area contributed by atoms with Crippen molar-refractivity contribution >= 4 is 10.1 Å². The van der Waals surface area contributed by atoms with E-state index in [1.807, 2.05) is 6.07 Å². The van der Waals surface area contributed by atoms with Crippen LogP contribution in [0.3, 0.4) is 0 Å². The molecule has 0 heterocycles. The standard InChI is InChI=1S/C20H31F3O3S/c1-7-18(3,4)16-12-11-15(17(14-16)19(5,6)8-2)10-9-13-26-27(24,25)20(21,22)23/h11-12,14H,7-10,13H2,1-6H3. The van der Waals surface area contributed by atoms with E-state index in [1.165, 1.54) is 5.56 Å². The van der Waals surface area contributed by atoms with Crippen LogP contribution < -0.4 is 0 Å². The van der Waals surface area contributed by atoms with Crippen molar-refractivity contribution in [2.24, 2.45) is 0 Å². The van der Waals surface area contributed by atoms with Crippen molar-refractivity contribution in [2.45, 2.75) is 83.6 Å². The third-order valence-corrected chi connectivity index (χ3v) is 6.54. The zero-order valence-corrected chi connectivity index (χ0v) is 17.9. The summed E-state index contributed by atoms with van der Waals surface area (Å²) < 4.78 is 63.0. The molecule has 0 aliphatic heterocycles. The van der Waals surface area contributed by atoms with Crippen LogP contribution in [0.1, 0.15) is 77.5 Å². The first kappa shape index (κ1) is 24.0. The Morgan fingerprint density at radius 1 is 0.963 bits per heavy atom. The van der Waals surface area contributed by atoms with E-state index in [2.05, 4.69) is 57.9 Å². The van der Waals surface area contributed by atoms with Crippen LogP contribution >= 0.6 is 0 Å². The van der Waals surface area contributed by atoms with Crippen LogP contribution in [-0.2, 0) is 31.6 Å². The average Bonchev–Trinajstić information content (AvgIpc) is 2.57. The van der Waals surface area contributed by atoms with E-state index >= 15 is 0 Å². The van der Waals surface area contributed by atoms with Gasteiger partial charge in [0.2, 0.25) is 0 Å². The molecular formula is C20H31F3O3S. The smallest absolute Gasteiger partial charge is 0.263 e. The number of rotatable bonds is 9. The molecule has 0 bridgehead atoms. The van der Waals surface area contributed by atoms with Crippen molar-refractivity contribution in [3.8, 4) is 0 Å². The van der Waals surface area contributed by atoms with E-state index in [1.54, 1.807) is 0 Å². The maximum absolute atomic E-state index is 12.3. The minimum atomic E-state index is -5.52. The van der Waals surface area contributed by atoms with Crippen LogP contribution in [0.4, 0.5) is 13.2 Å². The highest BCUT2D eigenvalue weighted by Crippen LogP contribution is 2.35. The predicted molar refractivity (Wildman–Crippen MR) is 102 cm³/mol. The van der Waals surface area contributed by atoms with Gasteiger partial charge in [0.15, 0.2) is 0 Å². The van der Waals surface area contributed by atoms with E-state index in [4.69, 9.17) is 0 Å². The second-order valence-electron chi connectivity index (χ2n) is 8.17. The molecule has 0 saturated heterocycles. The fourth-order valence-corrected chi connectivity index (χ4v) is 3.21. The Morgan fingerprint density at radius 2 is 1.52 bits per heavy atom. The fourth-order valence-electron chi connectivity index (χ4n) is 2.74. The minimum Gasteiger partial charge on any atom is -0.263 e. The maximum Gasteiger partial charge on any atom is 0.523 e. The Bertz CT molecular complexity index is 735. The van der Waals surface area contributed by atoms with Gasteiger partial charge in [-0.2, -0.15) is 21.6 Å². The van der Waals surface area contributed by atoms with Gasteiger partial charge >= 0.3 is 15.6 Å². The molecule has 1 aromatic carbocycles. The molecule has 0 N–H and O–H groups in total. The minimum absolute atomic E-state index is 0.0288. The van der Waals surface area contributed by atoms with Crippen molar-refractivity contribution in [3.05, 3.63) is 34.9 Å². The van der Waals surface area contributed by atoms with E-state index in [0.29, 0.717) is 6.42 Å². The maximum atomic E-state index is 12.3. The largest absolute Gasteiger partial charge is 0.523 e. The second-order valence-corrected chi connectivity index (χ2v) is 9.78. The Morgan fingerprint density at radius 3 is 2.00 bits per heavy atom. The Kier molecular flexibility index (Phi) is 7.56. The number of aryl methyl sites for hydroxylation is 1. The van der Waals surface area contributed by atoms with E-state index < -0.39 is 22.2 Å². The summed E-state index contributed by atoms with van der Waals surface area (Å²) in [5.74, 6) is 0.